The highest BCUT2D eigenvalue weighted by molar-refractivity contribution is 5.90. The van der Waals surface area contributed by atoms with Gasteiger partial charge in [0.2, 0.25) is 5.82 Å². The van der Waals surface area contributed by atoms with Gasteiger partial charge in [-0.2, -0.15) is 0 Å². The number of hydrogen-bond donors (Lipinski definition) is 1. The lowest BCUT2D eigenvalue weighted by Gasteiger charge is -2.16. The van der Waals surface area contributed by atoms with Gasteiger partial charge in [-0.3, -0.25) is 10.1 Å². The van der Waals surface area contributed by atoms with E-state index in [-0.39, 0.29) is 17.1 Å². The Kier molecular flexibility index (Phi) is 3.61. The molecule has 0 unspecified atom stereocenters. The van der Waals surface area contributed by atoms with Crippen LogP contribution in [-0.4, -0.2) is 47.3 Å². The van der Waals surface area contributed by atoms with Gasteiger partial charge in [-0.1, -0.05) is 0 Å². The third kappa shape index (κ3) is 2.63. The first kappa shape index (κ1) is 13.2. The van der Waals surface area contributed by atoms with Crippen LogP contribution in [0.4, 0.5) is 11.5 Å². The normalized spacial score (nSPS) is 18.4. The van der Waals surface area contributed by atoms with Crippen LogP contribution in [0, 0.1) is 10.1 Å². The second kappa shape index (κ2) is 5.19. The Hall–Kier alpha value is -2.22. The highest BCUT2D eigenvalue weighted by Gasteiger charge is 2.28. The van der Waals surface area contributed by atoms with Gasteiger partial charge in [0.05, 0.1) is 23.7 Å². The third-order valence-corrected chi connectivity index (χ3v) is 2.93. The SMILES string of the molecule is COC(=O)c1cnc(N2CC[C@H](O)C2)c([N+](=O)[O-])c1. The first-order chi connectivity index (χ1) is 9.02. The molecule has 1 saturated heterocycles. The maximum Gasteiger partial charge on any atom is 0.339 e. The lowest BCUT2D eigenvalue weighted by molar-refractivity contribution is -0.384. The number of carbonyl (C=O) groups is 1. The molecule has 1 fully saturated rings. The molecule has 1 aliphatic rings. The molecule has 2 rings (SSSR count). The molecule has 0 aliphatic carbocycles. The van der Waals surface area contributed by atoms with Gasteiger partial charge < -0.3 is 14.7 Å². The molecule has 1 N–H and O–H groups in total. The van der Waals surface area contributed by atoms with Crippen molar-refractivity contribution in [3.63, 3.8) is 0 Å². The molecule has 2 heterocycles. The van der Waals surface area contributed by atoms with Crippen LogP contribution in [0.2, 0.25) is 0 Å². The Morgan fingerprint density at radius 2 is 2.42 bits per heavy atom. The van der Waals surface area contributed by atoms with Crippen molar-refractivity contribution in [2.24, 2.45) is 0 Å². The van der Waals surface area contributed by atoms with Crippen molar-refractivity contribution < 1.29 is 19.6 Å². The van der Waals surface area contributed by atoms with Crippen LogP contribution in [0.3, 0.4) is 0 Å². The lowest BCUT2D eigenvalue weighted by Crippen LogP contribution is -2.23. The molecular formula is C11H13N3O5. The Bertz CT molecular complexity index is 519. The topological polar surface area (TPSA) is 106 Å². The van der Waals surface area contributed by atoms with Crippen molar-refractivity contribution in [3.8, 4) is 0 Å². The molecule has 102 valence electrons. The number of anilines is 1. The van der Waals surface area contributed by atoms with Crippen molar-refractivity contribution in [2.45, 2.75) is 12.5 Å². The summed E-state index contributed by atoms with van der Waals surface area (Å²) in [7, 11) is 1.19. The Morgan fingerprint density at radius 1 is 1.68 bits per heavy atom. The molecule has 1 aliphatic heterocycles. The van der Waals surface area contributed by atoms with Crippen LogP contribution in [0.1, 0.15) is 16.8 Å². The first-order valence-electron chi connectivity index (χ1n) is 5.68. The third-order valence-electron chi connectivity index (χ3n) is 2.93. The number of esters is 1. The summed E-state index contributed by atoms with van der Waals surface area (Å²) in [5, 5.41) is 20.5. The Morgan fingerprint density at radius 3 is 2.95 bits per heavy atom. The molecule has 1 aromatic heterocycles. The number of aromatic nitrogens is 1. The van der Waals surface area contributed by atoms with Crippen molar-refractivity contribution >= 4 is 17.5 Å². The number of aliphatic hydroxyl groups is 1. The zero-order chi connectivity index (χ0) is 14.0. The van der Waals surface area contributed by atoms with E-state index in [0.29, 0.717) is 19.5 Å². The molecule has 8 nitrogen and oxygen atoms in total. The van der Waals surface area contributed by atoms with E-state index in [4.69, 9.17) is 0 Å². The fourth-order valence-corrected chi connectivity index (χ4v) is 1.99. The number of β-amino-alcohol motifs (C(OH)–C–C–N with tert-alkyl or cyclic N) is 1. The Labute approximate surface area is 108 Å². The molecule has 0 radical (unpaired) electrons. The van der Waals surface area contributed by atoms with E-state index in [9.17, 15) is 20.0 Å². The van der Waals surface area contributed by atoms with Crippen molar-refractivity contribution in [2.75, 3.05) is 25.1 Å². The molecule has 8 heteroatoms. The summed E-state index contributed by atoms with van der Waals surface area (Å²) < 4.78 is 4.50. The summed E-state index contributed by atoms with van der Waals surface area (Å²) in [6.45, 7) is 0.790. The number of hydrogen-bond acceptors (Lipinski definition) is 7. The molecule has 0 amide bonds. The quantitative estimate of drug-likeness (QED) is 0.478. The minimum absolute atomic E-state index is 0.0256. The molecule has 0 aromatic carbocycles. The van der Waals surface area contributed by atoms with E-state index in [1.165, 1.54) is 13.3 Å². The average molecular weight is 267 g/mol. The predicted molar refractivity (Wildman–Crippen MR) is 65.1 cm³/mol. The number of aliphatic hydroxyl groups excluding tert-OH is 1. The van der Waals surface area contributed by atoms with Crippen LogP contribution >= 0.6 is 0 Å². The second-order valence-corrected chi connectivity index (χ2v) is 4.20. The summed E-state index contributed by atoms with van der Waals surface area (Å²) in [6, 6.07) is 1.14. The molecule has 19 heavy (non-hydrogen) atoms. The standard InChI is InChI=1S/C11H13N3O5/c1-19-11(16)7-4-9(14(17)18)10(12-5-7)13-3-2-8(15)6-13/h4-5,8,15H,2-3,6H2,1H3/t8-/m0/s1. The number of ether oxygens (including phenoxy) is 1. The monoisotopic (exact) mass is 267 g/mol. The number of carbonyl (C=O) groups excluding carboxylic acids is 1. The highest BCUT2D eigenvalue weighted by Crippen LogP contribution is 2.29. The van der Waals surface area contributed by atoms with Gasteiger partial charge in [-0.25, -0.2) is 9.78 Å². The predicted octanol–water partition coefficient (Wildman–Crippen LogP) is 0.347. The Balaban J connectivity index is 2.38. The van der Waals surface area contributed by atoms with Crippen LogP contribution in [0.15, 0.2) is 12.3 Å². The van der Waals surface area contributed by atoms with E-state index in [0.717, 1.165) is 6.07 Å². The second-order valence-electron chi connectivity index (χ2n) is 4.20. The maximum absolute atomic E-state index is 11.3. The fraction of sp³-hybridized carbons (Fsp3) is 0.455. The average Bonchev–Trinajstić information content (AvgIpc) is 2.83. The summed E-state index contributed by atoms with van der Waals surface area (Å²) >= 11 is 0. The minimum atomic E-state index is -0.677. The van der Waals surface area contributed by atoms with Crippen LogP contribution in [0.25, 0.3) is 0 Å². The van der Waals surface area contributed by atoms with Gasteiger partial charge in [-0.05, 0) is 6.42 Å². The zero-order valence-corrected chi connectivity index (χ0v) is 10.3. The van der Waals surface area contributed by atoms with Gasteiger partial charge >= 0.3 is 11.7 Å². The lowest BCUT2D eigenvalue weighted by atomic mass is 10.2. The number of rotatable bonds is 3. The highest BCUT2D eigenvalue weighted by atomic mass is 16.6. The molecule has 0 saturated carbocycles. The first-order valence-corrected chi connectivity index (χ1v) is 5.68. The number of nitro groups is 1. The van der Waals surface area contributed by atoms with E-state index in [2.05, 4.69) is 9.72 Å². The van der Waals surface area contributed by atoms with Crippen LogP contribution in [-0.2, 0) is 4.74 Å². The molecule has 1 aromatic rings. The number of nitrogens with zero attached hydrogens (tertiary/aromatic N) is 3. The molecule has 0 bridgehead atoms. The van der Waals surface area contributed by atoms with Gasteiger partial charge in [0.25, 0.3) is 0 Å². The maximum atomic E-state index is 11.3. The summed E-state index contributed by atoms with van der Waals surface area (Å²) in [6.07, 6.45) is 1.26. The van der Waals surface area contributed by atoms with E-state index < -0.39 is 17.0 Å². The van der Waals surface area contributed by atoms with Gasteiger partial charge in [0.1, 0.15) is 0 Å². The van der Waals surface area contributed by atoms with Gasteiger partial charge in [-0.15, -0.1) is 0 Å². The van der Waals surface area contributed by atoms with E-state index in [1.54, 1.807) is 4.90 Å². The largest absolute Gasteiger partial charge is 0.465 e. The molecule has 0 spiro atoms. The van der Waals surface area contributed by atoms with Crippen molar-refractivity contribution in [3.05, 3.63) is 27.9 Å². The summed E-state index contributed by atoms with van der Waals surface area (Å²) in [5.41, 5.74) is -0.241. The van der Waals surface area contributed by atoms with E-state index in [1.807, 2.05) is 0 Å². The van der Waals surface area contributed by atoms with E-state index >= 15 is 0 Å². The van der Waals surface area contributed by atoms with Crippen molar-refractivity contribution in [1.82, 2.24) is 4.98 Å². The van der Waals surface area contributed by atoms with Crippen molar-refractivity contribution in [1.29, 1.82) is 0 Å². The summed E-state index contributed by atoms with van der Waals surface area (Å²) in [4.78, 5) is 27.4. The smallest absolute Gasteiger partial charge is 0.339 e. The summed E-state index contributed by atoms with van der Waals surface area (Å²) in [5.74, 6) is -0.516. The van der Waals surface area contributed by atoms with Gasteiger partial charge in [0.15, 0.2) is 0 Å². The minimum Gasteiger partial charge on any atom is -0.465 e. The fourth-order valence-electron chi connectivity index (χ4n) is 1.99. The van der Waals surface area contributed by atoms with Crippen LogP contribution < -0.4 is 4.90 Å². The molecule has 1 atom stereocenters. The van der Waals surface area contributed by atoms with Gasteiger partial charge in [0, 0.05) is 25.4 Å². The number of pyridine rings is 1. The number of methoxy groups -OCH3 is 1. The molecular weight excluding hydrogens is 254 g/mol. The van der Waals surface area contributed by atoms with Crippen LogP contribution in [0.5, 0.6) is 0 Å². The zero-order valence-electron chi connectivity index (χ0n) is 10.3.